The Morgan fingerprint density at radius 2 is 1.95 bits per heavy atom. The summed E-state index contributed by atoms with van der Waals surface area (Å²) >= 11 is 0. The van der Waals surface area contributed by atoms with E-state index in [-0.39, 0.29) is 25.3 Å². The minimum Gasteiger partial charge on any atom is -0.353 e. The van der Waals surface area contributed by atoms with Gasteiger partial charge in [0, 0.05) is 19.0 Å². The van der Waals surface area contributed by atoms with Crippen molar-refractivity contribution in [2.24, 2.45) is 11.8 Å². The molecule has 0 aromatic carbocycles. The van der Waals surface area contributed by atoms with Crippen molar-refractivity contribution in [1.82, 2.24) is 10.2 Å². The highest BCUT2D eigenvalue weighted by Crippen LogP contribution is 2.42. The lowest BCUT2D eigenvalue weighted by molar-refractivity contribution is -0.201. The van der Waals surface area contributed by atoms with Gasteiger partial charge in [-0.05, 0) is 12.8 Å². The molecule has 108 valence electrons. The number of carbonyl (C=O) groups excluding carboxylic acids is 2. The molecule has 1 aliphatic carbocycles. The molecule has 2 fully saturated rings. The molecule has 1 aliphatic heterocycles. The van der Waals surface area contributed by atoms with Gasteiger partial charge in [-0.3, -0.25) is 9.59 Å². The van der Waals surface area contributed by atoms with Crippen molar-refractivity contribution < 1.29 is 22.8 Å². The van der Waals surface area contributed by atoms with Crippen molar-refractivity contribution in [2.45, 2.75) is 31.9 Å². The molecule has 1 saturated carbocycles. The Morgan fingerprint density at radius 3 is 2.58 bits per heavy atom. The Balaban J connectivity index is 2.09. The first-order valence-electron chi connectivity index (χ1n) is 6.52. The van der Waals surface area contributed by atoms with Gasteiger partial charge in [-0.1, -0.05) is 12.8 Å². The van der Waals surface area contributed by atoms with Gasteiger partial charge in [0.1, 0.15) is 0 Å². The Labute approximate surface area is 109 Å². The second-order valence-electron chi connectivity index (χ2n) is 5.15. The second-order valence-corrected chi connectivity index (χ2v) is 5.15. The first-order chi connectivity index (χ1) is 8.89. The molecular formula is C12H17F3N2O2. The molecule has 1 saturated heterocycles. The number of hydrogen-bond donors (Lipinski definition) is 1. The monoisotopic (exact) mass is 278 g/mol. The number of piperazine rings is 1. The maximum atomic E-state index is 12.9. The predicted molar refractivity (Wildman–Crippen MR) is 61.1 cm³/mol. The minimum atomic E-state index is -4.33. The second kappa shape index (κ2) is 5.38. The molecule has 0 aromatic rings. The van der Waals surface area contributed by atoms with Crippen LogP contribution in [0.2, 0.25) is 0 Å². The Hall–Kier alpha value is -1.27. The van der Waals surface area contributed by atoms with Crippen LogP contribution in [0.15, 0.2) is 0 Å². The third kappa shape index (κ3) is 3.19. The van der Waals surface area contributed by atoms with E-state index in [1.54, 1.807) is 0 Å². The van der Waals surface area contributed by atoms with Crippen LogP contribution in [0.1, 0.15) is 25.7 Å². The van der Waals surface area contributed by atoms with Gasteiger partial charge in [0.05, 0.1) is 12.5 Å². The van der Waals surface area contributed by atoms with Gasteiger partial charge in [0.25, 0.3) is 0 Å². The van der Waals surface area contributed by atoms with E-state index in [0.717, 1.165) is 0 Å². The van der Waals surface area contributed by atoms with Crippen molar-refractivity contribution in [3.05, 3.63) is 0 Å². The number of rotatable bonds is 1. The average Bonchev–Trinajstić information content (AvgIpc) is 2.37. The summed E-state index contributed by atoms with van der Waals surface area (Å²) in [6, 6.07) is 0. The highest BCUT2D eigenvalue weighted by molar-refractivity contribution is 5.87. The van der Waals surface area contributed by atoms with Gasteiger partial charge in [-0.15, -0.1) is 0 Å². The molecule has 0 spiro atoms. The topological polar surface area (TPSA) is 49.4 Å². The van der Waals surface area contributed by atoms with E-state index in [0.29, 0.717) is 25.9 Å². The summed E-state index contributed by atoms with van der Waals surface area (Å²) < 4.78 is 38.8. The normalized spacial score (nSPS) is 29.0. The Bertz CT molecular complexity index is 370. The molecule has 0 aromatic heterocycles. The van der Waals surface area contributed by atoms with E-state index in [2.05, 4.69) is 5.32 Å². The van der Waals surface area contributed by atoms with Crippen LogP contribution in [0, 0.1) is 11.8 Å². The van der Waals surface area contributed by atoms with E-state index < -0.39 is 23.9 Å². The van der Waals surface area contributed by atoms with Crippen LogP contribution >= 0.6 is 0 Å². The van der Waals surface area contributed by atoms with Gasteiger partial charge in [-0.25, -0.2) is 0 Å². The number of alkyl halides is 3. The smallest absolute Gasteiger partial charge is 0.353 e. The number of amides is 2. The molecule has 2 rings (SSSR count). The van der Waals surface area contributed by atoms with Crippen LogP contribution in [0.3, 0.4) is 0 Å². The largest absolute Gasteiger partial charge is 0.392 e. The van der Waals surface area contributed by atoms with Gasteiger partial charge in [0.2, 0.25) is 11.8 Å². The van der Waals surface area contributed by atoms with E-state index in [4.69, 9.17) is 0 Å². The molecule has 2 aliphatic rings. The molecular weight excluding hydrogens is 261 g/mol. The van der Waals surface area contributed by atoms with E-state index in [1.807, 2.05) is 0 Å². The van der Waals surface area contributed by atoms with Crippen LogP contribution in [-0.4, -0.2) is 42.5 Å². The lowest BCUT2D eigenvalue weighted by Gasteiger charge is -2.36. The molecule has 2 unspecified atom stereocenters. The molecule has 1 heterocycles. The Kier molecular flexibility index (Phi) is 4.01. The molecule has 0 bridgehead atoms. The summed E-state index contributed by atoms with van der Waals surface area (Å²) in [6.45, 7) is 0.486. The number of hydrogen-bond acceptors (Lipinski definition) is 2. The van der Waals surface area contributed by atoms with Crippen LogP contribution in [0.25, 0.3) is 0 Å². The van der Waals surface area contributed by atoms with Crippen molar-refractivity contribution in [3.63, 3.8) is 0 Å². The van der Waals surface area contributed by atoms with E-state index in [9.17, 15) is 22.8 Å². The fourth-order valence-electron chi connectivity index (χ4n) is 2.88. The zero-order valence-corrected chi connectivity index (χ0v) is 10.5. The number of nitrogens with zero attached hydrogens (tertiary/aromatic N) is 1. The van der Waals surface area contributed by atoms with Crippen molar-refractivity contribution in [3.8, 4) is 0 Å². The van der Waals surface area contributed by atoms with Crippen LogP contribution in [0.4, 0.5) is 13.2 Å². The molecule has 2 atom stereocenters. The van der Waals surface area contributed by atoms with Gasteiger partial charge < -0.3 is 10.2 Å². The SMILES string of the molecule is O=C1CN(C(=O)C2CCCCC2C(F)(F)F)CCN1. The van der Waals surface area contributed by atoms with Crippen LogP contribution < -0.4 is 5.32 Å². The zero-order valence-electron chi connectivity index (χ0n) is 10.5. The lowest BCUT2D eigenvalue weighted by atomic mass is 9.78. The number of nitrogens with one attached hydrogen (secondary N) is 1. The van der Waals surface area contributed by atoms with Crippen molar-refractivity contribution in [2.75, 3.05) is 19.6 Å². The fraction of sp³-hybridized carbons (Fsp3) is 0.833. The fourth-order valence-corrected chi connectivity index (χ4v) is 2.88. The first-order valence-corrected chi connectivity index (χ1v) is 6.52. The molecule has 2 amide bonds. The molecule has 7 heteroatoms. The summed E-state index contributed by atoms with van der Waals surface area (Å²) in [4.78, 5) is 24.7. The molecule has 4 nitrogen and oxygen atoms in total. The lowest BCUT2D eigenvalue weighted by Crippen LogP contribution is -2.53. The summed E-state index contributed by atoms with van der Waals surface area (Å²) in [7, 11) is 0. The van der Waals surface area contributed by atoms with Gasteiger partial charge in [-0.2, -0.15) is 13.2 Å². The third-order valence-electron chi connectivity index (χ3n) is 3.85. The minimum absolute atomic E-state index is 0.0138. The third-order valence-corrected chi connectivity index (χ3v) is 3.85. The number of carbonyl (C=O) groups is 2. The van der Waals surface area contributed by atoms with E-state index in [1.165, 1.54) is 4.90 Å². The van der Waals surface area contributed by atoms with Gasteiger partial charge in [0.15, 0.2) is 0 Å². The Morgan fingerprint density at radius 1 is 1.26 bits per heavy atom. The summed E-state index contributed by atoms with van der Waals surface area (Å²) in [6.07, 6.45) is -2.91. The maximum absolute atomic E-state index is 12.9. The summed E-state index contributed by atoms with van der Waals surface area (Å²) in [5, 5.41) is 2.56. The first kappa shape index (κ1) is 14.1. The zero-order chi connectivity index (χ0) is 14.0. The summed E-state index contributed by atoms with van der Waals surface area (Å²) in [5.41, 5.74) is 0. The van der Waals surface area contributed by atoms with Crippen molar-refractivity contribution in [1.29, 1.82) is 0 Å². The average molecular weight is 278 g/mol. The number of halogens is 3. The van der Waals surface area contributed by atoms with Crippen molar-refractivity contribution >= 4 is 11.8 Å². The predicted octanol–water partition coefficient (Wildman–Crippen LogP) is 1.31. The highest BCUT2D eigenvalue weighted by Gasteiger charge is 2.49. The quantitative estimate of drug-likeness (QED) is 0.786. The molecule has 19 heavy (non-hydrogen) atoms. The highest BCUT2D eigenvalue weighted by atomic mass is 19.4. The van der Waals surface area contributed by atoms with Gasteiger partial charge >= 0.3 is 6.18 Å². The summed E-state index contributed by atoms with van der Waals surface area (Å²) in [5.74, 6) is -3.39. The molecule has 0 radical (unpaired) electrons. The van der Waals surface area contributed by atoms with Crippen LogP contribution in [-0.2, 0) is 9.59 Å². The molecule has 1 N–H and O–H groups in total. The van der Waals surface area contributed by atoms with Crippen LogP contribution in [0.5, 0.6) is 0 Å². The van der Waals surface area contributed by atoms with E-state index >= 15 is 0 Å². The standard InChI is InChI=1S/C12H17F3N2O2/c13-12(14,15)9-4-2-1-3-8(9)11(19)17-6-5-16-10(18)7-17/h8-9H,1-7H2,(H,16,18). The maximum Gasteiger partial charge on any atom is 0.392 e.